The first-order valence-corrected chi connectivity index (χ1v) is 4.60. The number of rotatable bonds is 1. The Labute approximate surface area is 90.1 Å². The van der Waals surface area contributed by atoms with Gasteiger partial charge >= 0.3 is 6.18 Å². The van der Waals surface area contributed by atoms with E-state index in [1.807, 2.05) is 0 Å². The SMILES string of the molecule is Cc1cc(C#N)c(C(F)(F)F)cc1CCl. The van der Waals surface area contributed by atoms with Crippen LogP contribution in [-0.4, -0.2) is 0 Å². The largest absolute Gasteiger partial charge is 0.417 e. The Morgan fingerprint density at radius 1 is 1.40 bits per heavy atom. The Morgan fingerprint density at radius 3 is 2.40 bits per heavy atom. The fraction of sp³-hybridized carbons (Fsp3) is 0.300. The van der Waals surface area contributed by atoms with Gasteiger partial charge in [0.2, 0.25) is 0 Å². The van der Waals surface area contributed by atoms with E-state index in [0.717, 1.165) is 6.07 Å². The molecule has 80 valence electrons. The zero-order valence-corrected chi connectivity index (χ0v) is 8.58. The third-order valence-corrected chi connectivity index (χ3v) is 2.33. The molecule has 15 heavy (non-hydrogen) atoms. The third-order valence-electron chi connectivity index (χ3n) is 2.05. The molecular weight excluding hydrogens is 227 g/mol. The molecule has 0 aliphatic carbocycles. The van der Waals surface area contributed by atoms with Gasteiger partial charge in [0.15, 0.2) is 0 Å². The molecule has 1 rings (SSSR count). The van der Waals surface area contributed by atoms with Crippen molar-refractivity contribution in [2.75, 3.05) is 0 Å². The number of nitrogens with zero attached hydrogens (tertiary/aromatic N) is 1. The number of aryl methyl sites for hydroxylation is 1. The van der Waals surface area contributed by atoms with Gasteiger partial charge in [0.1, 0.15) is 0 Å². The summed E-state index contributed by atoms with van der Waals surface area (Å²) in [5, 5.41) is 8.59. The van der Waals surface area contributed by atoms with Crippen LogP contribution in [0.25, 0.3) is 0 Å². The fourth-order valence-electron chi connectivity index (χ4n) is 1.22. The van der Waals surface area contributed by atoms with Gasteiger partial charge in [-0.25, -0.2) is 0 Å². The molecule has 0 fully saturated rings. The van der Waals surface area contributed by atoms with E-state index < -0.39 is 11.7 Å². The lowest BCUT2D eigenvalue weighted by Gasteiger charge is -2.11. The van der Waals surface area contributed by atoms with Gasteiger partial charge in [-0.1, -0.05) is 0 Å². The number of halogens is 4. The molecule has 0 spiro atoms. The van der Waals surface area contributed by atoms with E-state index in [9.17, 15) is 13.2 Å². The predicted octanol–water partition coefficient (Wildman–Crippen LogP) is 3.62. The molecule has 0 unspecified atom stereocenters. The maximum atomic E-state index is 12.5. The van der Waals surface area contributed by atoms with E-state index in [1.54, 1.807) is 6.92 Å². The van der Waals surface area contributed by atoms with Crippen molar-refractivity contribution in [2.24, 2.45) is 0 Å². The first-order chi connectivity index (χ1) is 6.90. The van der Waals surface area contributed by atoms with Crippen molar-refractivity contribution in [3.63, 3.8) is 0 Å². The van der Waals surface area contributed by atoms with Crippen molar-refractivity contribution in [3.05, 3.63) is 34.4 Å². The quantitative estimate of drug-likeness (QED) is 0.680. The summed E-state index contributed by atoms with van der Waals surface area (Å²) < 4.78 is 37.5. The first kappa shape index (κ1) is 11.9. The molecule has 0 aliphatic rings. The van der Waals surface area contributed by atoms with Crippen LogP contribution in [0.2, 0.25) is 0 Å². The summed E-state index contributed by atoms with van der Waals surface area (Å²) in [7, 11) is 0. The second-order valence-corrected chi connectivity index (χ2v) is 3.33. The van der Waals surface area contributed by atoms with Gasteiger partial charge in [0, 0.05) is 5.88 Å². The van der Waals surface area contributed by atoms with Crippen LogP contribution >= 0.6 is 11.6 Å². The van der Waals surface area contributed by atoms with Crippen LogP contribution in [0.3, 0.4) is 0 Å². The molecule has 5 heteroatoms. The minimum Gasteiger partial charge on any atom is -0.192 e. The number of benzene rings is 1. The molecule has 1 aromatic carbocycles. The second kappa shape index (κ2) is 4.11. The summed E-state index contributed by atoms with van der Waals surface area (Å²) >= 11 is 5.50. The zero-order valence-electron chi connectivity index (χ0n) is 7.82. The molecule has 0 bridgehead atoms. The predicted molar refractivity (Wildman–Crippen MR) is 50.5 cm³/mol. The van der Waals surface area contributed by atoms with Crippen LogP contribution in [0.15, 0.2) is 12.1 Å². The highest BCUT2D eigenvalue weighted by molar-refractivity contribution is 6.17. The normalized spacial score (nSPS) is 11.2. The standard InChI is InChI=1S/C10H7ClF3N/c1-6-2-8(5-15)9(10(12,13)14)3-7(6)4-11/h2-3H,4H2,1H3. The lowest BCUT2D eigenvalue weighted by Crippen LogP contribution is -2.09. The Morgan fingerprint density at radius 2 is 2.00 bits per heavy atom. The van der Waals surface area contributed by atoms with Gasteiger partial charge in [-0.05, 0) is 30.2 Å². The Bertz CT molecular complexity index is 418. The average molecular weight is 234 g/mol. The van der Waals surface area contributed by atoms with Gasteiger partial charge in [-0.2, -0.15) is 18.4 Å². The lowest BCUT2D eigenvalue weighted by molar-refractivity contribution is -0.137. The maximum Gasteiger partial charge on any atom is 0.417 e. The van der Waals surface area contributed by atoms with Gasteiger partial charge < -0.3 is 0 Å². The fourth-order valence-corrected chi connectivity index (χ4v) is 1.51. The minimum atomic E-state index is -4.51. The summed E-state index contributed by atoms with van der Waals surface area (Å²) in [6.07, 6.45) is -4.51. The van der Waals surface area contributed by atoms with Gasteiger partial charge in [0.25, 0.3) is 0 Å². The van der Waals surface area contributed by atoms with Crippen molar-refractivity contribution in [2.45, 2.75) is 19.0 Å². The topological polar surface area (TPSA) is 23.8 Å². The first-order valence-electron chi connectivity index (χ1n) is 4.07. The maximum absolute atomic E-state index is 12.5. The van der Waals surface area contributed by atoms with Crippen LogP contribution in [-0.2, 0) is 12.1 Å². The van der Waals surface area contributed by atoms with Crippen molar-refractivity contribution in [1.82, 2.24) is 0 Å². The molecule has 0 aliphatic heterocycles. The van der Waals surface area contributed by atoms with Crippen LogP contribution in [0.5, 0.6) is 0 Å². The molecule has 1 aromatic rings. The van der Waals surface area contributed by atoms with Gasteiger partial charge in [0.05, 0.1) is 17.2 Å². The summed E-state index contributed by atoms with van der Waals surface area (Å²) in [6.45, 7) is 1.62. The van der Waals surface area contributed by atoms with E-state index in [4.69, 9.17) is 16.9 Å². The molecule has 0 heterocycles. The van der Waals surface area contributed by atoms with Gasteiger partial charge in [-0.3, -0.25) is 0 Å². The van der Waals surface area contributed by atoms with Crippen molar-refractivity contribution < 1.29 is 13.2 Å². The molecule has 0 radical (unpaired) electrons. The Hall–Kier alpha value is -1.21. The molecule has 0 saturated carbocycles. The molecule has 1 nitrogen and oxygen atoms in total. The number of alkyl halides is 4. The molecular formula is C10H7ClF3N. The smallest absolute Gasteiger partial charge is 0.192 e. The Balaban J connectivity index is 3.44. The van der Waals surface area contributed by atoms with E-state index in [1.165, 1.54) is 12.1 Å². The van der Waals surface area contributed by atoms with Crippen molar-refractivity contribution in [1.29, 1.82) is 5.26 Å². The van der Waals surface area contributed by atoms with Crippen LogP contribution in [0.1, 0.15) is 22.3 Å². The summed E-state index contributed by atoms with van der Waals surface area (Å²) in [5.41, 5.74) is -0.308. The third kappa shape index (κ3) is 2.42. The van der Waals surface area contributed by atoms with Crippen LogP contribution in [0, 0.1) is 18.3 Å². The highest BCUT2D eigenvalue weighted by atomic mass is 35.5. The zero-order chi connectivity index (χ0) is 11.6. The van der Waals surface area contributed by atoms with Crippen molar-refractivity contribution >= 4 is 11.6 Å². The summed E-state index contributed by atoms with van der Waals surface area (Å²) in [4.78, 5) is 0. The lowest BCUT2D eigenvalue weighted by atomic mass is 10.0. The number of nitriles is 1. The van der Waals surface area contributed by atoms with Gasteiger partial charge in [-0.15, -0.1) is 11.6 Å². The van der Waals surface area contributed by atoms with E-state index in [2.05, 4.69) is 0 Å². The summed E-state index contributed by atoms with van der Waals surface area (Å²) in [5.74, 6) is 0.000617. The summed E-state index contributed by atoms with van der Waals surface area (Å²) in [6, 6.07) is 3.67. The highest BCUT2D eigenvalue weighted by Gasteiger charge is 2.34. The molecule has 0 N–H and O–H groups in total. The Kier molecular flexibility index (Phi) is 3.25. The monoisotopic (exact) mass is 233 g/mol. The van der Waals surface area contributed by atoms with E-state index in [-0.39, 0.29) is 11.4 Å². The minimum absolute atomic E-state index is 0.000617. The van der Waals surface area contributed by atoms with E-state index in [0.29, 0.717) is 11.1 Å². The van der Waals surface area contributed by atoms with Crippen molar-refractivity contribution in [3.8, 4) is 6.07 Å². The molecule has 0 amide bonds. The van der Waals surface area contributed by atoms with Crippen LogP contribution in [0.4, 0.5) is 13.2 Å². The molecule has 0 aromatic heterocycles. The van der Waals surface area contributed by atoms with E-state index >= 15 is 0 Å². The molecule has 0 saturated heterocycles. The number of hydrogen-bond donors (Lipinski definition) is 0. The second-order valence-electron chi connectivity index (χ2n) is 3.07. The average Bonchev–Trinajstić information content (AvgIpc) is 2.15. The number of hydrogen-bond acceptors (Lipinski definition) is 1. The molecule has 0 atom stereocenters. The highest BCUT2D eigenvalue weighted by Crippen LogP contribution is 2.33. The van der Waals surface area contributed by atoms with Crippen LogP contribution < -0.4 is 0 Å².